The van der Waals surface area contributed by atoms with Crippen LogP contribution in [0.1, 0.15) is 23.5 Å². The molecule has 2 aromatic carbocycles. The molecule has 0 radical (unpaired) electrons. The predicted octanol–water partition coefficient (Wildman–Crippen LogP) is 4.47. The highest BCUT2D eigenvalue weighted by atomic mass is 79.9. The van der Waals surface area contributed by atoms with E-state index in [0.717, 1.165) is 28.6 Å². The molecule has 0 aliphatic rings. The van der Waals surface area contributed by atoms with Gasteiger partial charge in [-0.2, -0.15) is 0 Å². The number of hydrogen-bond donors (Lipinski definition) is 1. The van der Waals surface area contributed by atoms with E-state index in [1.807, 2.05) is 31.3 Å². The van der Waals surface area contributed by atoms with Gasteiger partial charge in [-0.15, -0.1) is 0 Å². The number of benzene rings is 2. The van der Waals surface area contributed by atoms with Gasteiger partial charge in [0.15, 0.2) is 11.6 Å². The molecule has 1 nitrogen and oxygen atoms in total. The fourth-order valence-electron chi connectivity index (χ4n) is 2.24. The van der Waals surface area contributed by atoms with Crippen molar-refractivity contribution >= 4 is 15.9 Å². The third-order valence-corrected chi connectivity index (χ3v) is 3.83. The zero-order valence-corrected chi connectivity index (χ0v) is 12.8. The number of nitrogens with one attached hydrogen (secondary N) is 1. The molecule has 0 aliphatic carbocycles. The van der Waals surface area contributed by atoms with Gasteiger partial charge in [-0.25, -0.2) is 8.78 Å². The van der Waals surface area contributed by atoms with Crippen LogP contribution < -0.4 is 5.32 Å². The minimum atomic E-state index is -0.808. The molecular weight excluding hydrogens is 324 g/mol. The topological polar surface area (TPSA) is 12.0 Å². The molecule has 0 amide bonds. The monoisotopic (exact) mass is 339 g/mol. The molecule has 1 unspecified atom stereocenters. The van der Waals surface area contributed by atoms with Crippen LogP contribution in [0.4, 0.5) is 8.78 Å². The summed E-state index contributed by atoms with van der Waals surface area (Å²) in [5, 5.41) is 3.10. The van der Waals surface area contributed by atoms with Crippen molar-refractivity contribution in [2.45, 2.75) is 12.3 Å². The average molecular weight is 340 g/mol. The Morgan fingerprint density at radius 2 is 1.65 bits per heavy atom. The van der Waals surface area contributed by atoms with E-state index in [2.05, 4.69) is 21.2 Å². The van der Waals surface area contributed by atoms with Crippen molar-refractivity contribution in [2.24, 2.45) is 0 Å². The molecule has 0 spiro atoms. The zero-order chi connectivity index (χ0) is 14.5. The van der Waals surface area contributed by atoms with Gasteiger partial charge in [-0.3, -0.25) is 0 Å². The van der Waals surface area contributed by atoms with Crippen molar-refractivity contribution in [2.75, 3.05) is 13.6 Å². The number of rotatable bonds is 5. The van der Waals surface area contributed by atoms with E-state index in [1.54, 1.807) is 6.07 Å². The van der Waals surface area contributed by atoms with Crippen LogP contribution in [0, 0.1) is 11.6 Å². The molecule has 1 atom stereocenters. The van der Waals surface area contributed by atoms with Crippen molar-refractivity contribution in [3.8, 4) is 0 Å². The molecule has 0 fully saturated rings. The first-order valence-electron chi connectivity index (χ1n) is 6.47. The highest BCUT2D eigenvalue weighted by Crippen LogP contribution is 2.29. The second-order valence-corrected chi connectivity index (χ2v) is 5.59. The van der Waals surface area contributed by atoms with Crippen molar-refractivity contribution in [3.05, 3.63) is 69.7 Å². The van der Waals surface area contributed by atoms with Crippen LogP contribution in [-0.2, 0) is 0 Å². The summed E-state index contributed by atoms with van der Waals surface area (Å²) in [6.07, 6.45) is 0.823. The summed E-state index contributed by atoms with van der Waals surface area (Å²) in [7, 11) is 1.88. The molecular formula is C16H16BrF2N. The van der Waals surface area contributed by atoms with Crippen LogP contribution in [-0.4, -0.2) is 13.6 Å². The quantitative estimate of drug-likeness (QED) is 0.847. The SMILES string of the molecule is CNCCC(c1ccc(Br)cc1)c1ccc(F)c(F)c1. The summed E-state index contributed by atoms with van der Waals surface area (Å²) >= 11 is 3.40. The lowest BCUT2D eigenvalue weighted by molar-refractivity contribution is 0.505. The Morgan fingerprint density at radius 3 is 2.25 bits per heavy atom. The molecule has 0 bridgehead atoms. The van der Waals surface area contributed by atoms with Crippen LogP contribution in [0.25, 0.3) is 0 Å². The molecule has 0 saturated carbocycles. The average Bonchev–Trinajstić information content (AvgIpc) is 2.45. The minimum absolute atomic E-state index is 0.0469. The second-order valence-electron chi connectivity index (χ2n) is 4.67. The van der Waals surface area contributed by atoms with Crippen LogP contribution in [0.5, 0.6) is 0 Å². The predicted molar refractivity (Wildman–Crippen MR) is 80.9 cm³/mol. The molecule has 0 heterocycles. The largest absolute Gasteiger partial charge is 0.320 e. The molecule has 2 aromatic rings. The van der Waals surface area contributed by atoms with Gasteiger partial charge in [0.25, 0.3) is 0 Å². The minimum Gasteiger partial charge on any atom is -0.320 e. The van der Waals surface area contributed by atoms with Crippen molar-refractivity contribution < 1.29 is 8.78 Å². The van der Waals surface area contributed by atoms with Crippen LogP contribution in [0.15, 0.2) is 46.9 Å². The molecule has 106 valence electrons. The fraction of sp³-hybridized carbons (Fsp3) is 0.250. The first kappa shape index (κ1) is 15.1. The summed E-state index contributed by atoms with van der Waals surface area (Å²) in [4.78, 5) is 0. The van der Waals surface area contributed by atoms with E-state index < -0.39 is 11.6 Å². The third kappa shape index (κ3) is 3.64. The highest BCUT2D eigenvalue weighted by Gasteiger charge is 2.15. The highest BCUT2D eigenvalue weighted by molar-refractivity contribution is 9.10. The number of hydrogen-bond acceptors (Lipinski definition) is 1. The maximum atomic E-state index is 13.4. The van der Waals surface area contributed by atoms with Crippen molar-refractivity contribution in [1.29, 1.82) is 0 Å². The first-order chi connectivity index (χ1) is 9.61. The van der Waals surface area contributed by atoms with Gasteiger partial charge in [-0.05, 0) is 55.4 Å². The Bertz CT molecular complexity index is 569. The van der Waals surface area contributed by atoms with E-state index in [-0.39, 0.29) is 5.92 Å². The van der Waals surface area contributed by atoms with Gasteiger partial charge in [-0.1, -0.05) is 34.1 Å². The van der Waals surface area contributed by atoms with Crippen LogP contribution >= 0.6 is 15.9 Å². The molecule has 0 aliphatic heterocycles. The summed E-state index contributed by atoms with van der Waals surface area (Å²) in [5.74, 6) is -1.56. The Morgan fingerprint density at radius 1 is 1.00 bits per heavy atom. The van der Waals surface area contributed by atoms with Gasteiger partial charge in [0.05, 0.1) is 0 Å². The first-order valence-corrected chi connectivity index (χ1v) is 7.26. The summed E-state index contributed by atoms with van der Waals surface area (Å²) in [6, 6.07) is 12.1. The normalized spacial score (nSPS) is 12.4. The van der Waals surface area contributed by atoms with Gasteiger partial charge in [0.2, 0.25) is 0 Å². The lowest BCUT2D eigenvalue weighted by Crippen LogP contribution is -2.13. The Hall–Kier alpha value is -1.26. The molecule has 0 saturated heterocycles. The Kier molecular flexibility index (Phi) is 5.26. The van der Waals surface area contributed by atoms with Crippen molar-refractivity contribution in [1.82, 2.24) is 5.32 Å². The van der Waals surface area contributed by atoms with Crippen LogP contribution in [0.3, 0.4) is 0 Å². The van der Waals surface area contributed by atoms with E-state index in [0.29, 0.717) is 0 Å². The van der Waals surface area contributed by atoms with Gasteiger partial charge < -0.3 is 5.32 Å². The van der Waals surface area contributed by atoms with E-state index in [1.165, 1.54) is 12.1 Å². The second kappa shape index (κ2) is 6.95. The lowest BCUT2D eigenvalue weighted by atomic mass is 9.88. The standard InChI is InChI=1S/C16H16BrF2N/c1-20-9-8-14(11-2-5-13(17)6-3-11)12-4-7-15(18)16(19)10-12/h2-7,10,14,20H,8-9H2,1H3. The maximum Gasteiger partial charge on any atom is 0.159 e. The Labute approximate surface area is 126 Å². The van der Waals surface area contributed by atoms with E-state index >= 15 is 0 Å². The van der Waals surface area contributed by atoms with Crippen molar-refractivity contribution in [3.63, 3.8) is 0 Å². The molecule has 0 aromatic heterocycles. The van der Waals surface area contributed by atoms with Gasteiger partial charge >= 0.3 is 0 Å². The van der Waals surface area contributed by atoms with Gasteiger partial charge in [0, 0.05) is 10.4 Å². The van der Waals surface area contributed by atoms with Crippen LogP contribution in [0.2, 0.25) is 0 Å². The maximum absolute atomic E-state index is 13.4. The molecule has 1 N–H and O–H groups in total. The Balaban J connectivity index is 2.35. The fourth-order valence-corrected chi connectivity index (χ4v) is 2.50. The zero-order valence-electron chi connectivity index (χ0n) is 11.2. The number of halogens is 3. The molecule has 20 heavy (non-hydrogen) atoms. The third-order valence-electron chi connectivity index (χ3n) is 3.30. The summed E-state index contributed by atoms with van der Waals surface area (Å²) in [5.41, 5.74) is 1.89. The smallest absolute Gasteiger partial charge is 0.159 e. The lowest BCUT2D eigenvalue weighted by Gasteiger charge is -2.18. The summed E-state index contributed by atoms with van der Waals surface area (Å²) < 4.78 is 27.5. The molecule has 2 rings (SSSR count). The molecule has 4 heteroatoms. The van der Waals surface area contributed by atoms with E-state index in [4.69, 9.17) is 0 Å². The summed E-state index contributed by atoms with van der Waals surface area (Å²) in [6.45, 7) is 0.805. The van der Waals surface area contributed by atoms with E-state index in [9.17, 15) is 8.78 Å². The van der Waals surface area contributed by atoms with Gasteiger partial charge in [0.1, 0.15) is 0 Å².